The summed E-state index contributed by atoms with van der Waals surface area (Å²) in [5.41, 5.74) is 10.3. The summed E-state index contributed by atoms with van der Waals surface area (Å²) in [6, 6.07) is 33.4. The van der Waals surface area contributed by atoms with Crippen LogP contribution < -0.4 is 0 Å². The molecule has 0 bridgehead atoms. The molecule has 0 saturated heterocycles. The highest BCUT2D eigenvalue weighted by atomic mass is 14.4. The topological polar surface area (TPSA) is 0 Å². The van der Waals surface area contributed by atoms with Crippen LogP contribution in [0.15, 0.2) is 96.6 Å². The number of rotatable bonds is 9. The van der Waals surface area contributed by atoms with Crippen molar-refractivity contribution in [2.24, 2.45) is 5.92 Å². The van der Waals surface area contributed by atoms with Gasteiger partial charge >= 0.3 is 0 Å². The van der Waals surface area contributed by atoms with Crippen LogP contribution in [0.4, 0.5) is 0 Å². The lowest BCUT2D eigenvalue weighted by atomic mass is 9.82. The summed E-state index contributed by atoms with van der Waals surface area (Å²) in [4.78, 5) is 0. The van der Waals surface area contributed by atoms with Gasteiger partial charge in [-0.25, -0.2) is 0 Å². The van der Waals surface area contributed by atoms with Gasteiger partial charge in [0.15, 0.2) is 0 Å². The lowest BCUT2D eigenvalue weighted by Gasteiger charge is -2.21. The van der Waals surface area contributed by atoms with Gasteiger partial charge in [0.05, 0.1) is 0 Å². The molecule has 1 atom stereocenters. The summed E-state index contributed by atoms with van der Waals surface area (Å²) in [6.07, 6.45) is 7.27. The van der Waals surface area contributed by atoms with Crippen LogP contribution in [0.1, 0.15) is 69.1 Å². The SMILES string of the molecule is CCCCC1=C(c2ccccc2)C(CCCC)C(c2ccccc2)=C1c1ccccc1. The number of hydrogen-bond acceptors (Lipinski definition) is 0. The zero-order chi connectivity index (χ0) is 21.5. The van der Waals surface area contributed by atoms with Gasteiger partial charge in [-0.1, -0.05) is 124 Å². The van der Waals surface area contributed by atoms with Crippen molar-refractivity contribution in [2.75, 3.05) is 0 Å². The highest BCUT2D eigenvalue weighted by Gasteiger charge is 2.34. The van der Waals surface area contributed by atoms with Crippen molar-refractivity contribution in [3.05, 3.63) is 113 Å². The maximum atomic E-state index is 2.32. The van der Waals surface area contributed by atoms with Gasteiger partial charge in [-0.15, -0.1) is 0 Å². The molecule has 158 valence electrons. The van der Waals surface area contributed by atoms with Gasteiger partial charge < -0.3 is 0 Å². The fourth-order valence-corrected chi connectivity index (χ4v) is 5.03. The highest BCUT2D eigenvalue weighted by Crippen LogP contribution is 2.54. The van der Waals surface area contributed by atoms with E-state index in [4.69, 9.17) is 0 Å². The summed E-state index contributed by atoms with van der Waals surface area (Å²) in [5, 5.41) is 0. The van der Waals surface area contributed by atoms with Crippen molar-refractivity contribution in [3.8, 4) is 0 Å². The molecule has 0 saturated carbocycles. The summed E-state index contributed by atoms with van der Waals surface area (Å²) < 4.78 is 0. The first-order valence-electron chi connectivity index (χ1n) is 12.0. The van der Waals surface area contributed by atoms with E-state index in [9.17, 15) is 0 Å². The monoisotopic (exact) mass is 406 g/mol. The normalized spacial score (nSPS) is 16.3. The lowest BCUT2D eigenvalue weighted by Crippen LogP contribution is -2.04. The van der Waals surface area contributed by atoms with Crippen LogP contribution in [0.2, 0.25) is 0 Å². The number of unbranched alkanes of at least 4 members (excludes halogenated alkanes) is 2. The molecule has 1 unspecified atom stereocenters. The third-order valence-electron chi connectivity index (χ3n) is 6.45. The van der Waals surface area contributed by atoms with E-state index in [1.165, 1.54) is 59.9 Å². The molecule has 3 aromatic carbocycles. The molecule has 0 aliphatic heterocycles. The summed E-state index contributed by atoms with van der Waals surface area (Å²) in [6.45, 7) is 4.61. The second kappa shape index (κ2) is 10.4. The Labute approximate surface area is 188 Å². The molecule has 0 amide bonds. The Hall–Kier alpha value is -2.86. The molecule has 0 aromatic heterocycles. The summed E-state index contributed by atoms with van der Waals surface area (Å²) in [5.74, 6) is 0.451. The van der Waals surface area contributed by atoms with Crippen LogP contribution in [0, 0.1) is 5.92 Å². The van der Waals surface area contributed by atoms with E-state index < -0.39 is 0 Å². The molecule has 0 nitrogen and oxygen atoms in total. The predicted octanol–water partition coefficient (Wildman–Crippen LogP) is 9.06. The Kier molecular flexibility index (Phi) is 7.20. The molecule has 0 fully saturated rings. The number of hydrogen-bond donors (Lipinski definition) is 0. The zero-order valence-corrected chi connectivity index (χ0v) is 19.0. The third kappa shape index (κ3) is 4.59. The van der Waals surface area contributed by atoms with Crippen LogP contribution >= 0.6 is 0 Å². The fraction of sp³-hybridized carbons (Fsp3) is 0.290. The predicted molar refractivity (Wildman–Crippen MR) is 136 cm³/mol. The Morgan fingerprint density at radius 2 is 1.03 bits per heavy atom. The number of benzene rings is 3. The Morgan fingerprint density at radius 3 is 1.55 bits per heavy atom. The van der Waals surface area contributed by atoms with Gasteiger partial charge in [-0.3, -0.25) is 0 Å². The molecule has 0 spiro atoms. The standard InChI is InChI=1S/C31H34/c1-3-5-22-27-29(24-16-10-7-11-17-24)28(23-6-4-2)31(26-20-14-9-15-21-26)30(27)25-18-12-8-13-19-25/h7-21,27H,3-6,22-23H2,1-2H3. The summed E-state index contributed by atoms with van der Waals surface area (Å²) in [7, 11) is 0. The molecule has 0 N–H and O–H groups in total. The van der Waals surface area contributed by atoms with Crippen LogP contribution in [0.25, 0.3) is 16.7 Å². The third-order valence-corrected chi connectivity index (χ3v) is 6.45. The molecular formula is C31H34. The highest BCUT2D eigenvalue weighted by molar-refractivity contribution is 6.11. The van der Waals surface area contributed by atoms with Gasteiger partial charge in [-0.05, 0) is 58.2 Å². The van der Waals surface area contributed by atoms with Gasteiger partial charge in [0.1, 0.15) is 0 Å². The minimum atomic E-state index is 0.451. The zero-order valence-electron chi connectivity index (χ0n) is 19.0. The Balaban J connectivity index is 1.99. The van der Waals surface area contributed by atoms with Crippen molar-refractivity contribution in [1.82, 2.24) is 0 Å². The molecular weight excluding hydrogens is 372 g/mol. The smallest absolute Gasteiger partial charge is 0.0110 e. The van der Waals surface area contributed by atoms with E-state index in [1.54, 1.807) is 11.1 Å². The second-order valence-corrected chi connectivity index (χ2v) is 8.58. The van der Waals surface area contributed by atoms with Crippen LogP contribution in [0.3, 0.4) is 0 Å². The lowest BCUT2D eigenvalue weighted by molar-refractivity contribution is 0.665. The minimum Gasteiger partial charge on any atom is -0.0654 e. The van der Waals surface area contributed by atoms with Crippen molar-refractivity contribution in [3.63, 3.8) is 0 Å². The van der Waals surface area contributed by atoms with Crippen LogP contribution in [0.5, 0.6) is 0 Å². The van der Waals surface area contributed by atoms with Crippen molar-refractivity contribution in [2.45, 2.75) is 52.4 Å². The second-order valence-electron chi connectivity index (χ2n) is 8.58. The molecule has 4 rings (SSSR count). The van der Waals surface area contributed by atoms with E-state index in [0.717, 1.165) is 6.42 Å². The van der Waals surface area contributed by atoms with Crippen LogP contribution in [-0.2, 0) is 0 Å². The molecule has 1 aliphatic carbocycles. The average Bonchev–Trinajstić information content (AvgIpc) is 3.16. The fourth-order valence-electron chi connectivity index (χ4n) is 5.03. The molecule has 31 heavy (non-hydrogen) atoms. The van der Waals surface area contributed by atoms with E-state index >= 15 is 0 Å². The van der Waals surface area contributed by atoms with Gasteiger partial charge in [0.2, 0.25) is 0 Å². The maximum absolute atomic E-state index is 2.32. The largest absolute Gasteiger partial charge is 0.0654 e. The minimum absolute atomic E-state index is 0.451. The van der Waals surface area contributed by atoms with Gasteiger partial charge in [-0.2, -0.15) is 0 Å². The average molecular weight is 407 g/mol. The van der Waals surface area contributed by atoms with Crippen molar-refractivity contribution < 1.29 is 0 Å². The van der Waals surface area contributed by atoms with Gasteiger partial charge in [0, 0.05) is 5.92 Å². The quantitative estimate of drug-likeness (QED) is 0.332. The first-order valence-corrected chi connectivity index (χ1v) is 12.0. The molecule has 0 radical (unpaired) electrons. The van der Waals surface area contributed by atoms with E-state index in [-0.39, 0.29) is 0 Å². The molecule has 3 aromatic rings. The Bertz CT molecular complexity index is 1020. The molecule has 0 heteroatoms. The Morgan fingerprint density at radius 1 is 0.548 bits per heavy atom. The van der Waals surface area contributed by atoms with E-state index in [1.807, 2.05) is 0 Å². The summed E-state index contributed by atoms with van der Waals surface area (Å²) >= 11 is 0. The van der Waals surface area contributed by atoms with Crippen molar-refractivity contribution >= 4 is 16.7 Å². The van der Waals surface area contributed by atoms with Crippen LogP contribution in [-0.4, -0.2) is 0 Å². The van der Waals surface area contributed by atoms with Crippen molar-refractivity contribution in [1.29, 1.82) is 0 Å². The maximum Gasteiger partial charge on any atom is 0.0110 e. The molecule has 1 aliphatic rings. The van der Waals surface area contributed by atoms with E-state index in [2.05, 4.69) is 105 Å². The first kappa shape index (κ1) is 21.4. The first-order chi connectivity index (χ1) is 15.3. The molecule has 0 heterocycles. The van der Waals surface area contributed by atoms with Gasteiger partial charge in [0.25, 0.3) is 0 Å². The van der Waals surface area contributed by atoms with E-state index in [0.29, 0.717) is 5.92 Å². The number of allylic oxidation sites excluding steroid dienone is 4.